The van der Waals surface area contributed by atoms with Crippen molar-refractivity contribution >= 4 is 16.9 Å². The van der Waals surface area contributed by atoms with E-state index in [4.69, 9.17) is 14.6 Å². The lowest BCUT2D eigenvalue weighted by molar-refractivity contribution is 0.0691. The summed E-state index contributed by atoms with van der Waals surface area (Å²) in [5, 5.41) is 9.82. The van der Waals surface area contributed by atoms with Crippen molar-refractivity contribution in [2.75, 3.05) is 14.2 Å². The van der Waals surface area contributed by atoms with E-state index in [-0.39, 0.29) is 5.69 Å². The average Bonchev–Trinajstić information content (AvgIpc) is 2.67. The van der Waals surface area contributed by atoms with Gasteiger partial charge < -0.3 is 19.6 Å². The summed E-state index contributed by atoms with van der Waals surface area (Å²) in [6.07, 6.45) is 0. The largest absolute Gasteiger partial charge is 0.496 e. The third-order valence-corrected chi connectivity index (χ3v) is 2.78. The van der Waals surface area contributed by atoms with Crippen molar-refractivity contribution < 1.29 is 19.4 Å². The molecule has 0 aliphatic heterocycles. The van der Waals surface area contributed by atoms with E-state index in [9.17, 15) is 4.79 Å². The molecule has 5 heteroatoms. The van der Waals surface area contributed by atoms with Gasteiger partial charge in [0.05, 0.1) is 19.7 Å². The number of hydrogen-bond acceptors (Lipinski definition) is 3. The van der Waals surface area contributed by atoms with Gasteiger partial charge in [0.15, 0.2) is 0 Å². The lowest BCUT2D eigenvalue weighted by atomic mass is 10.1. The second-order valence-electron chi connectivity index (χ2n) is 3.65. The Morgan fingerprint density at radius 2 is 1.82 bits per heavy atom. The number of carboxylic acids is 1. The van der Waals surface area contributed by atoms with E-state index in [0.29, 0.717) is 22.6 Å². The van der Waals surface area contributed by atoms with Gasteiger partial charge in [0.25, 0.3) is 0 Å². The first kappa shape index (κ1) is 11.3. The first-order valence-corrected chi connectivity index (χ1v) is 5.06. The third kappa shape index (κ3) is 1.60. The van der Waals surface area contributed by atoms with Crippen molar-refractivity contribution in [1.82, 2.24) is 4.98 Å². The molecule has 5 nitrogen and oxygen atoms in total. The van der Waals surface area contributed by atoms with Crippen LogP contribution in [0.3, 0.4) is 0 Å². The molecule has 90 valence electrons. The van der Waals surface area contributed by atoms with Gasteiger partial charge in [-0.25, -0.2) is 4.79 Å². The topological polar surface area (TPSA) is 71.6 Å². The van der Waals surface area contributed by atoms with Crippen LogP contribution < -0.4 is 9.47 Å². The highest BCUT2D eigenvalue weighted by Crippen LogP contribution is 2.36. The van der Waals surface area contributed by atoms with E-state index in [1.807, 2.05) is 0 Å². The van der Waals surface area contributed by atoms with Gasteiger partial charge in [0.1, 0.15) is 17.2 Å². The van der Waals surface area contributed by atoms with Crippen LogP contribution in [0.1, 0.15) is 16.1 Å². The molecule has 0 aliphatic carbocycles. The molecule has 0 amide bonds. The van der Waals surface area contributed by atoms with Crippen LogP contribution in [0, 0.1) is 6.92 Å². The van der Waals surface area contributed by atoms with Crippen LogP contribution in [-0.2, 0) is 0 Å². The fraction of sp³-hybridized carbons (Fsp3) is 0.250. The Morgan fingerprint density at radius 1 is 1.24 bits per heavy atom. The average molecular weight is 235 g/mol. The minimum atomic E-state index is -0.997. The molecule has 2 aromatic rings. The molecule has 2 rings (SSSR count). The van der Waals surface area contributed by atoms with Gasteiger partial charge in [0.2, 0.25) is 0 Å². The van der Waals surface area contributed by atoms with Crippen molar-refractivity contribution in [1.29, 1.82) is 0 Å². The third-order valence-electron chi connectivity index (χ3n) is 2.78. The molecule has 0 unspecified atom stereocenters. The van der Waals surface area contributed by atoms with Crippen molar-refractivity contribution in [3.63, 3.8) is 0 Å². The van der Waals surface area contributed by atoms with Crippen LogP contribution in [0.4, 0.5) is 0 Å². The molecule has 0 aliphatic rings. The summed E-state index contributed by atoms with van der Waals surface area (Å²) < 4.78 is 10.4. The predicted octanol–water partition coefficient (Wildman–Crippen LogP) is 2.19. The van der Waals surface area contributed by atoms with Crippen LogP contribution in [0.5, 0.6) is 11.5 Å². The van der Waals surface area contributed by atoms with Crippen LogP contribution >= 0.6 is 0 Å². The van der Waals surface area contributed by atoms with E-state index in [1.165, 1.54) is 7.11 Å². The highest BCUT2D eigenvalue weighted by Gasteiger charge is 2.19. The monoisotopic (exact) mass is 235 g/mol. The maximum absolute atomic E-state index is 11.1. The number of aromatic amines is 1. The van der Waals surface area contributed by atoms with Gasteiger partial charge in [-0.05, 0) is 24.6 Å². The molecule has 0 saturated carbocycles. The number of carboxylic acid groups (broad SMARTS) is 1. The highest BCUT2D eigenvalue weighted by molar-refractivity contribution is 6.02. The lowest BCUT2D eigenvalue weighted by Crippen LogP contribution is -1.98. The number of carbonyl (C=O) groups is 1. The van der Waals surface area contributed by atoms with Gasteiger partial charge in [-0.15, -0.1) is 0 Å². The van der Waals surface area contributed by atoms with Crippen LogP contribution in [0.15, 0.2) is 12.1 Å². The number of ether oxygens (including phenoxy) is 2. The minimum absolute atomic E-state index is 0.155. The van der Waals surface area contributed by atoms with E-state index >= 15 is 0 Å². The van der Waals surface area contributed by atoms with E-state index < -0.39 is 5.97 Å². The van der Waals surface area contributed by atoms with Gasteiger partial charge in [-0.1, -0.05) is 0 Å². The first-order chi connectivity index (χ1) is 8.10. The van der Waals surface area contributed by atoms with Crippen LogP contribution in [0.2, 0.25) is 0 Å². The van der Waals surface area contributed by atoms with Gasteiger partial charge >= 0.3 is 5.97 Å². The minimum Gasteiger partial charge on any atom is -0.496 e. The predicted molar refractivity (Wildman–Crippen MR) is 63.1 cm³/mol. The summed E-state index contributed by atoms with van der Waals surface area (Å²) in [4.78, 5) is 13.9. The van der Waals surface area contributed by atoms with E-state index in [2.05, 4.69) is 4.98 Å². The molecule has 0 saturated heterocycles. The molecular formula is C12H13NO4. The maximum atomic E-state index is 11.1. The SMILES string of the molecule is COc1ccc(OC)c2c(C)c(C(=O)O)[nH]c12. The molecule has 0 radical (unpaired) electrons. The fourth-order valence-corrected chi connectivity index (χ4v) is 1.96. The standard InChI is InChI=1S/C12H13NO4/c1-6-9-7(16-2)4-5-8(17-3)11(9)13-10(6)12(14)15/h4-5,13H,1-3H3,(H,14,15). The number of aryl methyl sites for hydroxylation is 1. The molecule has 1 heterocycles. The van der Waals surface area contributed by atoms with Gasteiger partial charge in [0, 0.05) is 5.39 Å². The van der Waals surface area contributed by atoms with Gasteiger partial charge in [-0.3, -0.25) is 0 Å². The van der Waals surface area contributed by atoms with Crippen LogP contribution in [0.25, 0.3) is 10.9 Å². The number of methoxy groups -OCH3 is 2. The van der Waals surface area contributed by atoms with E-state index in [0.717, 1.165) is 5.39 Å². The number of rotatable bonds is 3. The number of aromatic carboxylic acids is 1. The Labute approximate surface area is 98.0 Å². The molecule has 0 spiro atoms. The lowest BCUT2D eigenvalue weighted by Gasteiger charge is -2.06. The normalized spacial score (nSPS) is 10.5. The summed E-state index contributed by atoms with van der Waals surface area (Å²) >= 11 is 0. The Kier molecular flexibility index (Phi) is 2.67. The second-order valence-corrected chi connectivity index (χ2v) is 3.65. The molecule has 0 atom stereocenters. The summed E-state index contributed by atoms with van der Waals surface area (Å²) in [5.41, 5.74) is 1.44. The molecule has 1 aromatic carbocycles. The molecule has 1 aromatic heterocycles. The summed E-state index contributed by atoms with van der Waals surface area (Å²) in [7, 11) is 3.09. The number of H-pyrrole nitrogens is 1. The highest BCUT2D eigenvalue weighted by atomic mass is 16.5. The van der Waals surface area contributed by atoms with Crippen LogP contribution in [-0.4, -0.2) is 30.3 Å². The summed E-state index contributed by atoms with van der Waals surface area (Å²) in [6, 6.07) is 3.50. The summed E-state index contributed by atoms with van der Waals surface area (Å²) in [5.74, 6) is 0.223. The Hall–Kier alpha value is -2.17. The van der Waals surface area contributed by atoms with Crippen molar-refractivity contribution in [2.45, 2.75) is 6.92 Å². The van der Waals surface area contributed by atoms with Crippen molar-refractivity contribution in [2.24, 2.45) is 0 Å². The number of hydrogen-bond donors (Lipinski definition) is 2. The van der Waals surface area contributed by atoms with Crippen molar-refractivity contribution in [3.05, 3.63) is 23.4 Å². The zero-order valence-corrected chi connectivity index (χ0v) is 9.83. The Morgan fingerprint density at radius 3 is 2.35 bits per heavy atom. The molecular weight excluding hydrogens is 222 g/mol. The molecule has 0 bridgehead atoms. The Balaban J connectivity index is 2.87. The quantitative estimate of drug-likeness (QED) is 0.855. The number of fused-ring (bicyclic) bond motifs is 1. The number of aromatic nitrogens is 1. The zero-order valence-electron chi connectivity index (χ0n) is 9.83. The molecule has 2 N–H and O–H groups in total. The van der Waals surface area contributed by atoms with Gasteiger partial charge in [-0.2, -0.15) is 0 Å². The van der Waals surface area contributed by atoms with E-state index in [1.54, 1.807) is 26.2 Å². The molecule has 0 fully saturated rings. The fourth-order valence-electron chi connectivity index (χ4n) is 1.96. The zero-order chi connectivity index (χ0) is 12.6. The smallest absolute Gasteiger partial charge is 0.352 e. The first-order valence-electron chi connectivity index (χ1n) is 5.06. The summed E-state index contributed by atoms with van der Waals surface area (Å²) in [6.45, 7) is 1.74. The number of benzene rings is 1. The molecule has 17 heavy (non-hydrogen) atoms. The number of nitrogens with one attached hydrogen (secondary N) is 1. The second kappa shape index (κ2) is 4.01. The maximum Gasteiger partial charge on any atom is 0.352 e. The van der Waals surface area contributed by atoms with Crippen molar-refractivity contribution in [3.8, 4) is 11.5 Å². The Bertz CT molecular complexity index is 586.